The summed E-state index contributed by atoms with van der Waals surface area (Å²) in [6, 6.07) is 25.7. The molecule has 5 heteroatoms. The zero-order chi connectivity index (χ0) is 25.7. The van der Waals surface area contributed by atoms with Crippen LogP contribution in [0.1, 0.15) is 43.2 Å². The van der Waals surface area contributed by atoms with Crippen LogP contribution in [0.5, 0.6) is 11.5 Å². The number of carbonyl (C=O) groups excluding carboxylic acids is 1. The van der Waals surface area contributed by atoms with Crippen LogP contribution in [-0.4, -0.2) is 65.9 Å². The van der Waals surface area contributed by atoms with Crippen LogP contribution in [0.25, 0.3) is 11.1 Å². The Morgan fingerprint density at radius 1 is 0.737 bits per heavy atom. The number of ether oxygens (including phenoxy) is 1. The Balaban J connectivity index is 1.01. The van der Waals surface area contributed by atoms with E-state index in [4.69, 9.17) is 4.74 Å². The Hall–Kier alpha value is -3.15. The predicted octanol–water partition coefficient (Wildman–Crippen LogP) is 5.98. The van der Waals surface area contributed by atoms with E-state index in [9.17, 15) is 4.79 Å². The van der Waals surface area contributed by atoms with Gasteiger partial charge in [-0.3, -0.25) is 14.6 Å². The van der Waals surface area contributed by atoms with E-state index in [1.54, 1.807) is 0 Å². The first-order chi connectivity index (χ1) is 18.7. The molecule has 1 aliphatic carbocycles. The summed E-state index contributed by atoms with van der Waals surface area (Å²) in [6.07, 6.45) is 7.82. The second-order valence-corrected chi connectivity index (χ2v) is 11.1. The van der Waals surface area contributed by atoms with Gasteiger partial charge >= 0.3 is 0 Å². The minimum atomic E-state index is 0.297. The van der Waals surface area contributed by atoms with E-state index in [0.29, 0.717) is 12.5 Å². The molecule has 5 nitrogen and oxygen atoms in total. The summed E-state index contributed by atoms with van der Waals surface area (Å²) >= 11 is 0. The summed E-state index contributed by atoms with van der Waals surface area (Å²) in [4.78, 5) is 20.2. The third-order valence-electron chi connectivity index (χ3n) is 8.58. The van der Waals surface area contributed by atoms with Gasteiger partial charge in [-0.05, 0) is 65.8 Å². The molecule has 3 aromatic rings. The van der Waals surface area contributed by atoms with E-state index in [1.165, 1.54) is 54.4 Å². The molecule has 3 aromatic carbocycles. The molecule has 0 atom stereocenters. The first kappa shape index (κ1) is 25.1. The minimum Gasteiger partial charge on any atom is -0.457 e. The highest BCUT2D eigenvalue weighted by Crippen LogP contribution is 2.29. The van der Waals surface area contributed by atoms with Crippen molar-refractivity contribution in [2.75, 3.05) is 39.3 Å². The molecular formula is C33H39N3O2. The maximum Gasteiger partial charge on any atom is 0.236 e. The van der Waals surface area contributed by atoms with E-state index in [1.807, 2.05) is 42.5 Å². The molecule has 1 saturated carbocycles. The highest BCUT2D eigenvalue weighted by Gasteiger charge is 2.28. The zero-order valence-electron chi connectivity index (χ0n) is 22.4. The van der Waals surface area contributed by atoms with E-state index in [-0.39, 0.29) is 0 Å². The van der Waals surface area contributed by atoms with Gasteiger partial charge in [0.1, 0.15) is 11.5 Å². The molecule has 1 amide bonds. The third-order valence-corrected chi connectivity index (χ3v) is 8.58. The maximum absolute atomic E-state index is 13.1. The zero-order valence-corrected chi connectivity index (χ0v) is 22.4. The Kier molecular flexibility index (Phi) is 7.75. The summed E-state index contributed by atoms with van der Waals surface area (Å²) in [7, 11) is 0. The quantitative estimate of drug-likeness (QED) is 0.410. The normalized spacial score (nSPS) is 19.2. The molecule has 198 valence electrons. The Morgan fingerprint density at radius 2 is 1.45 bits per heavy atom. The number of para-hydroxylation sites is 1. The van der Waals surface area contributed by atoms with Crippen molar-refractivity contribution in [3.8, 4) is 22.6 Å². The van der Waals surface area contributed by atoms with Crippen molar-refractivity contribution in [3.05, 3.63) is 83.9 Å². The standard InChI is InChI=1S/C33H39N3O2/c37-33(36-21-19-35(20-22-36)30-7-3-1-4-8-30)25-34-18-17-28-23-27(11-12-29(28)24-34)26-13-15-32(16-14-26)38-31-9-5-2-6-10-31/h2,5-6,9-16,23,30H,1,3-4,7-8,17-22,24-25H2. The number of carbonyl (C=O) groups is 1. The second kappa shape index (κ2) is 11.7. The second-order valence-electron chi connectivity index (χ2n) is 11.1. The van der Waals surface area contributed by atoms with Gasteiger partial charge in [-0.2, -0.15) is 0 Å². The number of hydrogen-bond acceptors (Lipinski definition) is 4. The summed E-state index contributed by atoms with van der Waals surface area (Å²) in [5.41, 5.74) is 5.17. The van der Waals surface area contributed by atoms with Gasteiger partial charge in [-0.25, -0.2) is 0 Å². The van der Waals surface area contributed by atoms with Crippen LogP contribution in [0.4, 0.5) is 0 Å². The SMILES string of the molecule is O=C(CN1CCc2cc(-c3ccc(Oc4ccccc4)cc3)ccc2C1)N1CCN(C2CCCCC2)CC1. The van der Waals surface area contributed by atoms with Gasteiger partial charge < -0.3 is 9.64 Å². The van der Waals surface area contributed by atoms with Crippen LogP contribution in [0.15, 0.2) is 72.8 Å². The molecule has 3 aliphatic rings. The van der Waals surface area contributed by atoms with Crippen molar-refractivity contribution in [2.45, 2.75) is 51.1 Å². The smallest absolute Gasteiger partial charge is 0.236 e. The average molecular weight is 510 g/mol. The number of hydrogen-bond donors (Lipinski definition) is 0. The summed E-state index contributed by atoms with van der Waals surface area (Å²) in [5.74, 6) is 1.98. The monoisotopic (exact) mass is 509 g/mol. The molecule has 2 heterocycles. The van der Waals surface area contributed by atoms with Gasteiger partial charge in [-0.1, -0.05) is 67.8 Å². The van der Waals surface area contributed by atoms with Gasteiger partial charge in [0.25, 0.3) is 0 Å². The molecule has 0 radical (unpaired) electrons. The predicted molar refractivity (Wildman–Crippen MR) is 152 cm³/mol. The highest BCUT2D eigenvalue weighted by atomic mass is 16.5. The fourth-order valence-corrected chi connectivity index (χ4v) is 6.34. The lowest BCUT2D eigenvalue weighted by Gasteiger charge is -2.41. The molecule has 1 saturated heterocycles. The number of piperazine rings is 1. The average Bonchev–Trinajstić information content (AvgIpc) is 2.98. The van der Waals surface area contributed by atoms with E-state index in [2.05, 4.69) is 45.0 Å². The van der Waals surface area contributed by atoms with Crippen LogP contribution in [0.2, 0.25) is 0 Å². The van der Waals surface area contributed by atoms with Crippen LogP contribution >= 0.6 is 0 Å². The van der Waals surface area contributed by atoms with E-state index in [0.717, 1.165) is 63.2 Å². The number of nitrogens with zero attached hydrogens (tertiary/aromatic N) is 3. The molecule has 38 heavy (non-hydrogen) atoms. The van der Waals surface area contributed by atoms with Crippen molar-refractivity contribution < 1.29 is 9.53 Å². The Labute approximate surface area is 227 Å². The minimum absolute atomic E-state index is 0.297. The first-order valence-electron chi connectivity index (χ1n) is 14.4. The summed E-state index contributed by atoms with van der Waals surface area (Å²) in [5, 5.41) is 0. The summed E-state index contributed by atoms with van der Waals surface area (Å²) < 4.78 is 5.94. The van der Waals surface area contributed by atoms with Crippen LogP contribution in [-0.2, 0) is 17.8 Å². The lowest BCUT2D eigenvalue weighted by molar-refractivity contribution is -0.134. The van der Waals surface area contributed by atoms with Gasteiger partial charge in [0.2, 0.25) is 5.91 Å². The summed E-state index contributed by atoms with van der Waals surface area (Å²) in [6.45, 7) is 6.19. The molecule has 2 aliphatic heterocycles. The number of rotatable bonds is 6. The molecule has 0 bridgehead atoms. The molecular weight excluding hydrogens is 470 g/mol. The van der Waals surface area contributed by atoms with Crippen molar-refractivity contribution in [1.82, 2.24) is 14.7 Å². The topological polar surface area (TPSA) is 36.0 Å². The van der Waals surface area contributed by atoms with E-state index >= 15 is 0 Å². The van der Waals surface area contributed by atoms with Crippen LogP contribution in [0, 0.1) is 0 Å². The van der Waals surface area contributed by atoms with E-state index < -0.39 is 0 Å². The molecule has 0 unspecified atom stereocenters. The third kappa shape index (κ3) is 5.95. The van der Waals surface area contributed by atoms with Crippen molar-refractivity contribution >= 4 is 5.91 Å². The fraction of sp³-hybridized carbons (Fsp3) is 0.424. The van der Waals surface area contributed by atoms with Crippen LogP contribution in [0.3, 0.4) is 0 Å². The van der Waals surface area contributed by atoms with Crippen LogP contribution < -0.4 is 4.74 Å². The number of benzene rings is 3. The maximum atomic E-state index is 13.1. The molecule has 0 aromatic heterocycles. The lowest BCUT2D eigenvalue weighted by atomic mass is 9.94. The van der Waals surface area contributed by atoms with Gasteiger partial charge in [0.15, 0.2) is 0 Å². The Bertz CT molecular complexity index is 1210. The van der Waals surface area contributed by atoms with Crippen molar-refractivity contribution in [3.63, 3.8) is 0 Å². The van der Waals surface area contributed by atoms with Gasteiger partial charge in [0, 0.05) is 45.3 Å². The molecule has 0 spiro atoms. The molecule has 6 rings (SSSR count). The fourth-order valence-electron chi connectivity index (χ4n) is 6.34. The Morgan fingerprint density at radius 3 is 2.21 bits per heavy atom. The van der Waals surface area contributed by atoms with Crippen molar-refractivity contribution in [1.29, 1.82) is 0 Å². The largest absolute Gasteiger partial charge is 0.457 e. The van der Waals surface area contributed by atoms with Gasteiger partial charge in [-0.15, -0.1) is 0 Å². The highest BCUT2D eigenvalue weighted by molar-refractivity contribution is 5.78. The first-order valence-corrected chi connectivity index (χ1v) is 14.4. The lowest BCUT2D eigenvalue weighted by Crippen LogP contribution is -2.54. The number of fused-ring (bicyclic) bond motifs is 1. The van der Waals surface area contributed by atoms with Crippen molar-refractivity contribution in [2.24, 2.45) is 0 Å². The molecule has 0 N–H and O–H groups in total. The van der Waals surface area contributed by atoms with Gasteiger partial charge in [0.05, 0.1) is 6.54 Å². The molecule has 2 fully saturated rings. The number of amides is 1.